The van der Waals surface area contributed by atoms with E-state index in [-0.39, 0.29) is 0 Å². The lowest BCUT2D eigenvalue weighted by molar-refractivity contribution is 0.292. The molecule has 1 aliphatic rings. The van der Waals surface area contributed by atoms with Crippen LogP contribution in [0.5, 0.6) is 0 Å². The van der Waals surface area contributed by atoms with Crippen LogP contribution in [0.2, 0.25) is 0 Å². The van der Waals surface area contributed by atoms with Crippen molar-refractivity contribution in [2.24, 2.45) is 0 Å². The van der Waals surface area contributed by atoms with Crippen molar-refractivity contribution < 1.29 is 0 Å². The van der Waals surface area contributed by atoms with Crippen molar-refractivity contribution in [1.29, 1.82) is 10.5 Å². The zero-order valence-electron chi connectivity index (χ0n) is 16.2. The molecule has 0 amide bonds. The molecule has 2 aromatic heterocycles. The lowest BCUT2D eigenvalue weighted by Gasteiger charge is -2.22. The van der Waals surface area contributed by atoms with E-state index in [1.165, 1.54) is 0 Å². The van der Waals surface area contributed by atoms with Crippen LogP contribution in [0.4, 0.5) is 11.6 Å². The van der Waals surface area contributed by atoms with Gasteiger partial charge in [0.15, 0.2) is 0 Å². The number of anilines is 2. The van der Waals surface area contributed by atoms with Gasteiger partial charge in [-0.2, -0.15) is 10.5 Å². The molecule has 0 radical (unpaired) electrons. The molecule has 1 saturated heterocycles. The number of aryl methyl sites for hydroxylation is 1. The van der Waals surface area contributed by atoms with E-state index in [0.717, 1.165) is 57.9 Å². The summed E-state index contributed by atoms with van der Waals surface area (Å²) in [5, 5.41) is 21.6. The Morgan fingerprint density at radius 2 is 1.96 bits per heavy atom. The summed E-state index contributed by atoms with van der Waals surface area (Å²) in [6, 6.07) is 11.8. The molecule has 0 atom stereocenters. The van der Waals surface area contributed by atoms with Gasteiger partial charge in [0.25, 0.3) is 0 Å². The second-order valence-corrected chi connectivity index (χ2v) is 6.89. The van der Waals surface area contributed by atoms with E-state index in [0.29, 0.717) is 22.6 Å². The molecular formula is C21H25N7. The average molecular weight is 375 g/mol. The van der Waals surface area contributed by atoms with Crippen LogP contribution in [0.3, 0.4) is 0 Å². The Labute approximate surface area is 166 Å². The standard InChI is InChI=1S/C21H25N7/c1-17-18(15-22)14-19(16-23)21(26-17)25-8-4-9-27-10-5-11-28(13-12-27)20-6-2-3-7-24-20/h2-3,6-7,14H,4-5,8-13H2,1H3,(H,25,26). The summed E-state index contributed by atoms with van der Waals surface area (Å²) in [5.74, 6) is 1.62. The van der Waals surface area contributed by atoms with Crippen molar-refractivity contribution in [3.63, 3.8) is 0 Å². The van der Waals surface area contributed by atoms with Crippen LogP contribution in [-0.4, -0.2) is 54.1 Å². The number of hydrogen-bond donors (Lipinski definition) is 1. The van der Waals surface area contributed by atoms with Gasteiger partial charge in [-0.15, -0.1) is 0 Å². The fourth-order valence-corrected chi connectivity index (χ4v) is 3.41. The smallest absolute Gasteiger partial charge is 0.144 e. The first-order valence-electron chi connectivity index (χ1n) is 9.65. The van der Waals surface area contributed by atoms with Crippen LogP contribution >= 0.6 is 0 Å². The Morgan fingerprint density at radius 1 is 1.11 bits per heavy atom. The van der Waals surface area contributed by atoms with E-state index >= 15 is 0 Å². The highest BCUT2D eigenvalue weighted by atomic mass is 15.2. The Hall–Kier alpha value is -3.16. The Morgan fingerprint density at radius 3 is 2.71 bits per heavy atom. The van der Waals surface area contributed by atoms with Gasteiger partial charge in [-0.25, -0.2) is 9.97 Å². The number of hydrogen-bond acceptors (Lipinski definition) is 7. The molecule has 144 valence electrons. The second kappa shape index (κ2) is 9.68. The van der Waals surface area contributed by atoms with Gasteiger partial charge in [0.1, 0.15) is 23.8 Å². The Kier molecular flexibility index (Phi) is 6.78. The van der Waals surface area contributed by atoms with Gasteiger partial charge in [-0.1, -0.05) is 6.07 Å². The van der Waals surface area contributed by atoms with E-state index in [1.54, 1.807) is 13.0 Å². The molecule has 0 spiro atoms. The summed E-state index contributed by atoms with van der Waals surface area (Å²) < 4.78 is 0. The molecule has 1 N–H and O–H groups in total. The van der Waals surface area contributed by atoms with Crippen molar-refractivity contribution in [3.8, 4) is 12.1 Å². The number of nitriles is 2. The van der Waals surface area contributed by atoms with Crippen molar-refractivity contribution >= 4 is 11.6 Å². The van der Waals surface area contributed by atoms with Gasteiger partial charge >= 0.3 is 0 Å². The molecule has 0 aromatic carbocycles. The minimum absolute atomic E-state index is 0.419. The fraction of sp³-hybridized carbons (Fsp3) is 0.429. The molecule has 1 fully saturated rings. The van der Waals surface area contributed by atoms with Gasteiger partial charge in [-0.05, 0) is 51.1 Å². The maximum absolute atomic E-state index is 9.28. The number of rotatable bonds is 6. The maximum atomic E-state index is 9.28. The Balaban J connectivity index is 1.47. The van der Waals surface area contributed by atoms with E-state index in [9.17, 15) is 5.26 Å². The molecule has 7 heteroatoms. The molecule has 28 heavy (non-hydrogen) atoms. The van der Waals surface area contributed by atoms with Gasteiger partial charge in [-0.3, -0.25) is 0 Å². The van der Waals surface area contributed by atoms with Crippen LogP contribution in [0, 0.1) is 29.6 Å². The zero-order chi connectivity index (χ0) is 19.8. The third-order valence-electron chi connectivity index (χ3n) is 4.96. The number of pyridine rings is 2. The summed E-state index contributed by atoms with van der Waals surface area (Å²) in [6.45, 7) is 7.66. The summed E-state index contributed by atoms with van der Waals surface area (Å²) >= 11 is 0. The van der Waals surface area contributed by atoms with Gasteiger partial charge < -0.3 is 15.1 Å². The lowest BCUT2D eigenvalue weighted by Crippen LogP contribution is -2.32. The largest absolute Gasteiger partial charge is 0.369 e. The van der Waals surface area contributed by atoms with E-state index < -0.39 is 0 Å². The minimum Gasteiger partial charge on any atom is -0.369 e. The lowest BCUT2D eigenvalue weighted by atomic mass is 10.1. The first-order valence-corrected chi connectivity index (χ1v) is 9.65. The van der Waals surface area contributed by atoms with Crippen molar-refractivity contribution in [1.82, 2.24) is 14.9 Å². The van der Waals surface area contributed by atoms with Gasteiger partial charge in [0.2, 0.25) is 0 Å². The maximum Gasteiger partial charge on any atom is 0.144 e. The van der Waals surface area contributed by atoms with Crippen molar-refractivity contribution in [2.45, 2.75) is 19.8 Å². The molecule has 3 rings (SSSR count). The average Bonchev–Trinajstić information content (AvgIpc) is 2.98. The third kappa shape index (κ3) is 4.97. The normalized spacial score (nSPS) is 14.8. The third-order valence-corrected chi connectivity index (χ3v) is 4.96. The quantitative estimate of drug-likeness (QED) is 0.776. The van der Waals surface area contributed by atoms with Crippen LogP contribution in [0.1, 0.15) is 29.7 Å². The topological polar surface area (TPSA) is 91.9 Å². The van der Waals surface area contributed by atoms with E-state index in [4.69, 9.17) is 5.26 Å². The summed E-state index contributed by atoms with van der Waals surface area (Å²) in [6.07, 6.45) is 3.94. The highest BCUT2D eigenvalue weighted by Crippen LogP contribution is 2.16. The number of aromatic nitrogens is 2. The monoisotopic (exact) mass is 375 g/mol. The summed E-state index contributed by atoms with van der Waals surface area (Å²) in [5.41, 5.74) is 1.51. The molecular weight excluding hydrogens is 350 g/mol. The molecule has 2 aromatic rings. The molecule has 0 aliphatic carbocycles. The Bertz CT molecular complexity index is 867. The van der Waals surface area contributed by atoms with Gasteiger partial charge in [0.05, 0.1) is 16.8 Å². The van der Waals surface area contributed by atoms with Crippen molar-refractivity contribution in [2.75, 3.05) is 49.5 Å². The SMILES string of the molecule is Cc1nc(NCCCN2CCCN(c3ccccn3)CC2)c(C#N)cc1C#N. The van der Waals surface area contributed by atoms with Crippen LogP contribution < -0.4 is 10.2 Å². The first-order chi connectivity index (χ1) is 13.7. The van der Waals surface area contributed by atoms with Crippen molar-refractivity contribution in [3.05, 3.63) is 47.3 Å². The van der Waals surface area contributed by atoms with Gasteiger partial charge in [0, 0.05) is 32.4 Å². The summed E-state index contributed by atoms with van der Waals surface area (Å²) in [4.78, 5) is 13.7. The number of nitrogens with one attached hydrogen (secondary N) is 1. The van der Waals surface area contributed by atoms with E-state index in [2.05, 4.69) is 43.3 Å². The zero-order valence-corrected chi connectivity index (χ0v) is 16.2. The molecule has 1 aliphatic heterocycles. The predicted molar refractivity (Wildman–Crippen MR) is 109 cm³/mol. The molecule has 0 saturated carbocycles. The van der Waals surface area contributed by atoms with Crippen LogP contribution in [0.25, 0.3) is 0 Å². The fourth-order valence-electron chi connectivity index (χ4n) is 3.41. The summed E-state index contributed by atoms with van der Waals surface area (Å²) in [7, 11) is 0. The molecule has 0 bridgehead atoms. The highest BCUT2D eigenvalue weighted by Gasteiger charge is 2.15. The molecule has 7 nitrogen and oxygen atoms in total. The highest BCUT2D eigenvalue weighted by molar-refractivity contribution is 5.56. The molecule has 3 heterocycles. The minimum atomic E-state index is 0.419. The predicted octanol–water partition coefficient (Wildman–Crippen LogP) is 2.54. The number of nitrogens with zero attached hydrogens (tertiary/aromatic N) is 6. The van der Waals surface area contributed by atoms with Crippen LogP contribution in [0.15, 0.2) is 30.5 Å². The van der Waals surface area contributed by atoms with Crippen LogP contribution in [-0.2, 0) is 0 Å². The first kappa shape index (κ1) is 19.6. The second-order valence-electron chi connectivity index (χ2n) is 6.89. The van der Waals surface area contributed by atoms with E-state index in [1.807, 2.05) is 18.3 Å². The molecule has 0 unspecified atom stereocenters.